The molecule has 0 amide bonds. The predicted octanol–water partition coefficient (Wildman–Crippen LogP) is 7.83. The molecule has 3 heterocycles. The van der Waals surface area contributed by atoms with Crippen molar-refractivity contribution in [2.75, 3.05) is 13.2 Å². The second-order valence-corrected chi connectivity index (χ2v) is 9.09. The maximum atomic E-state index is 12.1. The molecule has 0 saturated carbocycles. The van der Waals surface area contributed by atoms with E-state index in [0.717, 1.165) is 42.1 Å². The number of Topliss-reactive ketones (excluding diaryl/α,β-unsaturated/α-hetero) is 1. The summed E-state index contributed by atoms with van der Waals surface area (Å²) >= 11 is 1.37. The van der Waals surface area contributed by atoms with E-state index in [1.165, 1.54) is 43.7 Å². The molecule has 7 heteroatoms. The summed E-state index contributed by atoms with van der Waals surface area (Å²) in [6.45, 7) is 17.6. The smallest absolute Gasteiger partial charge is 0.258 e. The topological polar surface area (TPSA) is 87.8 Å². The van der Waals surface area contributed by atoms with Crippen LogP contribution in [0.3, 0.4) is 0 Å². The van der Waals surface area contributed by atoms with Crippen molar-refractivity contribution in [2.24, 2.45) is 0 Å². The SMILES string of the molecule is C=C/C=C\c1c(-c2csc(-c3cc(C(C)=O)c[nH]c3=O)n2)c[nH]c1C.CCC.CCCCOCCC. The van der Waals surface area contributed by atoms with E-state index < -0.39 is 0 Å². The van der Waals surface area contributed by atoms with Crippen molar-refractivity contribution in [3.05, 3.63) is 69.7 Å². The van der Waals surface area contributed by atoms with Crippen LogP contribution < -0.4 is 5.56 Å². The van der Waals surface area contributed by atoms with Crippen molar-refractivity contribution in [3.63, 3.8) is 0 Å². The molecular formula is C29H41N3O3S. The highest BCUT2D eigenvalue weighted by Crippen LogP contribution is 2.31. The van der Waals surface area contributed by atoms with Gasteiger partial charge in [0, 0.05) is 53.4 Å². The number of hydrogen-bond donors (Lipinski definition) is 2. The van der Waals surface area contributed by atoms with Crippen LogP contribution in [0.15, 0.2) is 47.4 Å². The first kappa shape index (κ1) is 31.0. The molecule has 0 radical (unpaired) electrons. The fraction of sp³-hybridized carbons (Fsp3) is 0.414. The molecule has 0 aliphatic rings. The minimum absolute atomic E-state index is 0.104. The lowest BCUT2D eigenvalue weighted by Gasteiger charge is -1.99. The summed E-state index contributed by atoms with van der Waals surface area (Å²) < 4.78 is 5.22. The van der Waals surface area contributed by atoms with Gasteiger partial charge in [-0.2, -0.15) is 0 Å². The molecule has 0 aromatic carbocycles. The fourth-order valence-corrected chi connectivity index (χ4v) is 3.82. The number of ether oxygens (including phenoxy) is 1. The van der Waals surface area contributed by atoms with Gasteiger partial charge < -0.3 is 14.7 Å². The van der Waals surface area contributed by atoms with Crippen LogP contribution in [0.5, 0.6) is 0 Å². The van der Waals surface area contributed by atoms with Crippen molar-refractivity contribution in [2.45, 2.75) is 67.2 Å². The van der Waals surface area contributed by atoms with Crippen LogP contribution in [0.25, 0.3) is 27.9 Å². The molecule has 2 N–H and O–H groups in total. The van der Waals surface area contributed by atoms with Crippen LogP contribution in [-0.2, 0) is 4.74 Å². The molecule has 0 atom stereocenters. The molecule has 3 aromatic heterocycles. The average molecular weight is 512 g/mol. The van der Waals surface area contributed by atoms with E-state index in [1.54, 1.807) is 12.1 Å². The minimum atomic E-state index is -0.261. The first-order chi connectivity index (χ1) is 17.3. The predicted molar refractivity (Wildman–Crippen MR) is 154 cm³/mol. The van der Waals surface area contributed by atoms with Gasteiger partial charge in [-0.15, -0.1) is 11.3 Å². The van der Waals surface area contributed by atoms with E-state index in [9.17, 15) is 9.59 Å². The molecule has 196 valence electrons. The van der Waals surface area contributed by atoms with Gasteiger partial charge >= 0.3 is 0 Å². The third-order valence-electron chi connectivity index (χ3n) is 4.84. The summed E-state index contributed by atoms with van der Waals surface area (Å²) in [4.78, 5) is 34.1. The monoisotopic (exact) mass is 511 g/mol. The van der Waals surface area contributed by atoms with E-state index in [2.05, 4.69) is 49.2 Å². The molecule has 3 rings (SSSR count). The number of nitrogens with one attached hydrogen (secondary N) is 2. The molecule has 6 nitrogen and oxygen atoms in total. The van der Waals surface area contributed by atoms with Crippen molar-refractivity contribution in [1.82, 2.24) is 15.0 Å². The van der Waals surface area contributed by atoms with Gasteiger partial charge in [0.1, 0.15) is 5.01 Å². The molecule has 0 aliphatic carbocycles. The number of thiazole rings is 1. The summed E-state index contributed by atoms with van der Waals surface area (Å²) in [5.74, 6) is -0.104. The van der Waals surface area contributed by atoms with Crippen molar-refractivity contribution < 1.29 is 9.53 Å². The summed E-state index contributed by atoms with van der Waals surface area (Å²) in [6.07, 6.45) is 13.7. The van der Waals surface area contributed by atoms with Gasteiger partial charge in [-0.25, -0.2) is 4.98 Å². The number of H-pyrrole nitrogens is 2. The zero-order chi connectivity index (χ0) is 26.9. The van der Waals surface area contributed by atoms with E-state index in [-0.39, 0.29) is 11.3 Å². The van der Waals surface area contributed by atoms with Gasteiger partial charge in [-0.3, -0.25) is 9.59 Å². The maximum absolute atomic E-state index is 12.1. The van der Waals surface area contributed by atoms with Crippen LogP contribution in [0.2, 0.25) is 0 Å². The Kier molecular flexibility index (Phi) is 15.0. The maximum Gasteiger partial charge on any atom is 0.258 e. The number of pyridine rings is 1. The van der Waals surface area contributed by atoms with Gasteiger partial charge in [-0.1, -0.05) is 65.3 Å². The van der Waals surface area contributed by atoms with Gasteiger partial charge in [0.2, 0.25) is 0 Å². The van der Waals surface area contributed by atoms with Crippen LogP contribution in [0, 0.1) is 6.92 Å². The van der Waals surface area contributed by atoms with Crippen molar-refractivity contribution in [1.29, 1.82) is 0 Å². The van der Waals surface area contributed by atoms with Gasteiger partial charge in [0.15, 0.2) is 5.78 Å². The Morgan fingerprint density at radius 3 is 2.44 bits per heavy atom. The third-order valence-corrected chi connectivity index (χ3v) is 5.71. The Morgan fingerprint density at radius 2 is 1.83 bits per heavy atom. The number of unbranched alkanes of at least 4 members (excludes halogenated alkanes) is 1. The Bertz CT molecular complexity index is 1150. The summed E-state index contributed by atoms with van der Waals surface area (Å²) in [7, 11) is 0. The summed E-state index contributed by atoms with van der Waals surface area (Å²) in [6, 6.07) is 1.59. The highest BCUT2D eigenvalue weighted by atomic mass is 32.1. The van der Waals surface area contributed by atoms with Crippen LogP contribution in [-0.4, -0.2) is 33.9 Å². The lowest BCUT2D eigenvalue weighted by atomic mass is 10.1. The average Bonchev–Trinajstić information content (AvgIpc) is 3.48. The Hall–Kier alpha value is -3.03. The molecule has 0 bridgehead atoms. The first-order valence-corrected chi connectivity index (χ1v) is 13.5. The number of carbonyl (C=O) groups is 1. The van der Waals surface area contributed by atoms with E-state index in [1.807, 2.05) is 30.7 Å². The third kappa shape index (κ3) is 9.91. The second kappa shape index (κ2) is 17.4. The zero-order valence-electron chi connectivity index (χ0n) is 22.6. The number of aryl methyl sites for hydroxylation is 1. The van der Waals surface area contributed by atoms with Gasteiger partial charge in [0.05, 0.1) is 11.3 Å². The lowest BCUT2D eigenvalue weighted by molar-refractivity contribution is 0.101. The Balaban J connectivity index is 0.000000498. The minimum Gasteiger partial charge on any atom is -0.381 e. The molecule has 3 aromatic rings. The number of aromatic nitrogens is 3. The van der Waals surface area contributed by atoms with Crippen LogP contribution in [0.1, 0.15) is 81.9 Å². The highest BCUT2D eigenvalue weighted by Gasteiger charge is 2.15. The summed E-state index contributed by atoms with van der Waals surface area (Å²) in [5.41, 5.74) is 4.39. The first-order valence-electron chi connectivity index (χ1n) is 12.6. The van der Waals surface area contributed by atoms with E-state index in [4.69, 9.17) is 4.74 Å². The molecule has 0 unspecified atom stereocenters. The van der Waals surface area contributed by atoms with Crippen molar-refractivity contribution in [3.8, 4) is 21.8 Å². The number of hydrogen-bond acceptors (Lipinski definition) is 5. The van der Waals surface area contributed by atoms with Crippen molar-refractivity contribution >= 4 is 23.2 Å². The number of carbonyl (C=O) groups excluding carboxylic acids is 1. The molecular weight excluding hydrogens is 470 g/mol. The van der Waals surface area contributed by atoms with E-state index >= 15 is 0 Å². The largest absolute Gasteiger partial charge is 0.381 e. The molecule has 0 aliphatic heterocycles. The van der Waals surface area contributed by atoms with Gasteiger partial charge in [0.25, 0.3) is 5.56 Å². The van der Waals surface area contributed by atoms with Crippen LogP contribution in [0.4, 0.5) is 0 Å². The molecule has 36 heavy (non-hydrogen) atoms. The molecule has 0 spiro atoms. The fourth-order valence-electron chi connectivity index (χ4n) is 2.99. The standard InChI is InChI=1S/C19H17N3O2S.C7H16O.C3H8/c1-4-5-6-14-11(2)20-9-16(14)17-10-25-19(22-17)15-7-13(12(3)23)8-21-18(15)24;1-3-5-7-8-6-4-2;1-3-2/h4-10,20H,1H2,2-3H3,(H,21,24);3-7H2,1-2H3;3H2,1-2H3/b6-5-;;. The highest BCUT2D eigenvalue weighted by molar-refractivity contribution is 7.13. The second-order valence-electron chi connectivity index (χ2n) is 8.23. The quantitative estimate of drug-likeness (QED) is 0.165. The number of ketones is 1. The Labute approximate surface area is 219 Å². The number of allylic oxidation sites excluding steroid dienone is 2. The number of rotatable bonds is 10. The van der Waals surface area contributed by atoms with Crippen LogP contribution >= 0.6 is 11.3 Å². The summed E-state index contributed by atoms with van der Waals surface area (Å²) in [5, 5.41) is 2.49. The molecule has 0 saturated heterocycles. The zero-order valence-corrected chi connectivity index (χ0v) is 23.4. The van der Waals surface area contributed by atoms with E-state index in [0.29, 0.717) is 16.1 Å². The lowest BCUT2D eigenvalue weighted by Crippen LogP contribution is -2.10. The number of aromatic amines is 2. The van der Waals surface area contributed by atoms with Gasteiger partial charge in [-0.05, 0) is 32.8 Å². The molecule has 0 fully saturated rings. The number of nitrogens with zero attached hydrogens (tertiary/aromatic N) is 1. The Morgan fingerprint density at radius 1 is 1.11 bits per heavy atom. The normalized spacial score (nSPS) is 10.4.